The molecule has 0 amide bonds. The third-order valence-electron chi connectivity index (χ3n) is 17.7. The molecule has 398 valence electrons. The van der Waals surface area contributed by atoms with E-state index in [0.717, 1.165) is 122 Å². The molecule has 3 aliphatic carbocycles. The van der Waals surface area contributed by atoms with Crippen molar-refractivity contribution in [2.24, 2.45) is 53.3 Å². The summed E-state index contributed by atoms with van der Waals surface area (Å²) >= 11 is 0. The highest BCUT2D eigenvalue weighted by Crippen LogP contribution is 2.46. The molecule has 0 radical (unpaired) electrons. The van der Waals surface area contributed by atoms with Gasteiger partial charge in [-0.25, -0.2) is 29.9 Å². The lowest BCUT2D eigenvalue weighted by Gasteiger charge is -2.37. The van der Waals surface area contributed by atoms with Gasteiger partial charge in [0.15, 0.2) is 33.9 Å². The summed E-state index contributed by atoms with van der Waals surface area (Å²) in [6.45, 7) is 14.9. The fraction of sp³-hybridized carbons (Fsp3) is 0.509. The van der Waals surface area contributed by atoms with Gasteiger partial charge in [0.05, 0.1) is 71.1 Å². The molecule has 15 rings (SSSR count). The number of H-pyrrole nitrogens is 3. The molecule has 4 N–H and O–H groups in total. The number of aromatic amines is 3. The fourth-order valence-corrected chi connectivity index (χ4v) is 13.7. The summed E-state index contributed by atoms with van der Waals surface area (Å²) < 4.78 is 6.72. The van der Waals surface area contributed by atoms with E-state index in [9.17, 15) is 4.79 Å². The van der Waals surface area contributed by atoms with Crippen LogP contribution < -0.4 is 5.32 Å². The van der Waals surface area contributed by atoms with E-state index in [0.29, 0.717) is 53.3 Å². The van der Waals surface area contributed by atoms with Crippen molar-refractivity contribution in [2.45, 2.75) is 77.0 Å². The van der Waals surface area contributed by atoms with Crippen LogP contribution in [0.1, 0.15) is 94.1 Å². The van der Waals surface area contributed by atoms with Crippen LogP contribution >= 0.6 is 12.4 Å². The minimum atomic E-state index is 0. The molecule has 6 fully saturated rings. The Kier molecular flexibility index (Phi) is 14.8. The molecular weight excluding hydrogens is 988 g/mol. The van der Waals surface area contributed by atoms with Crippen LogP contribution in [-0.2, 0) is 4.79 Å². The minimum absolute atomic E-state index is 0. The van der Waals surface area contributed by atoms with Crippen molar-refractivity contribution in [2.75, 3.05) is 52.4 Å². The maximum atomic E-state index is 11.1. The van der Waals surface area contributed by atoms with Crippen LogP contribution in [0, 0.1) is 87.3 Å². The van der Waals surface area contributed by atoms with E-state index >= 15 is 0 Å². The molecule has 20 heteroatoms. The van der Waals surface area contributed by atoms with Gasteiger partial charge < -0.3 is 34.9 Å². The highest BCUT2D eigenvalue weighted by Gasteiger charge is 2.39. The summed E-state index contributed by atoms with van der Waals surface area (Å²) in [7, 11) is 0. The molecule has 12 heterocycles. The Balaban J connectivity index is 0.000000116. The summed E-state index contributed by atoms with van der Waals surface area (Å²) in [5.41, 5.74) is 12.5. The molecule has 3 saturated heterocycles. The van der Waals surface area contributed by atoms with E-state index in [2.05, 4.69) is 124 Å². The molecule has 5 unspecified atom stereocenters. The van der Waals surface area contributed by atoms with Gasteiger partial charge in [-0.1, -0.05) is 20.8 Å². The van der Waals surface area contributed by atoms with Crippen molar-refractivity contribution in [3.8, 4) is 18.2 Å². The van der Waals surface area contributed by atoms with Crippen LogP contribution in [0.4, 0.5) is 0 Å². The average Bonchev–Trinajstić information content (AvgIpc) is 4.26. The number of nitriles is 3. The number of halogens is 1. The maximum absolute atomic E-state index is 11.1. The van der Waals surface area contributed by atoms with Gasteiger partial charge in [0.2, 0.25) is 0 Å². The lowest BCUT2D eigenvalue weighted by atomic mass is 9.95. The molecule has 77 heavy (non-hydrogen) atoms. The second-order valence-corrected chi connectivity index (χ2v) is 22.9. The van der Waals surface area contributed by atoms with Crippen molar-refractivity contribution in [3.63, 3.8) is 0 Å². The van der Waals surface area contributed by atoms with Gasteiger partial charge in [-0.2, -0.15) is 15.8 Å². The maximum Gasteiger partial charge on any atom is 0.156 e. The smallest absolute Gasteiger partial charge is 0.156 e. The molecule has 6 aliphatic rings. The van der Waals surface area contributed by atoms with Crippen LogP contribution in [0.5, 0.6) is 0 Å². The van der Waals surface area contributed by atoms with Crippen LogP contribution in [-0.4, -0.2) is 127 Å². The average molecular weight is 1060 g/mol. The summed E-state index contributed by atoms with van der Waals surface area (Å²) in [6, 6.07) is 13.1. The monoisotopic (exact) mass is 1050 g/mol. The number of likely N-dealkylation sites (tertiary alicyclic amines) is 2. The number of hydrogen-bond donors (Lipinski definition) is 4. The van der Waals surface area contributed by atoms with Crippen LogP contribution in [0.3, 0.4) is 0 Å². The van der Waals surface area contributed by atoms with Crippen molar-refractivity contribution in [1.82, 2.24) is 73.2 Å². The second kappa shape index (κ2) is 22.0. The number of fused-ring (bicyclic) bond motifs is 9. The number of hydrogen-bond acceptors (Lipinski definition) is 13. The van der Waals surface area contributed by atoms with Gasteiger partial charge in [0.25, 0.3) is 0 Å². The van der Waals surface area contributed by atoms with Gasteiger partial charge in [-0.3, -0.25) is 13.2 Å². The molecule has 9 aromatic heterocycles. The molecule has 3 aliphatic heterocycles. The number of aromatic nitrogens is 12. The lowest BCUT2D eigenvalue weighted by Crippen LogP contribution is -2.47. The van der Waals surface area contributed by atoms with E-state index in [1.807, 2.05) is 55.6 Å². The number of carbonyl (C=O) groups excluding carboxylic acids is 1. The predicted octanol–water partition coefficient (Wildman–Crippen LogP) is 8.28. The Hall–Kier alpha value is -7.21. The Labute approximate surface area is 452 Å². The minimum Gasteiger partial charge on any atom is -0.345 e. The van der Waals surface area contributed by atoms with Crippen molar-refractivity contribution < 1.29 is 4.79 Å². The third-order valence-corrected chi connectivity index (χ3v) is 17.7. The fourth-order valence-electron chi connectivity index (χ4n) is 13.7. The van der Waals surface area contributed by atoms with E-state index in [4.69, 9.17) is 15.8 Å². The molecule has 0 spiro atoms. The van der Waals surface area contributed by atoms with Crippen molar-refractivity contribution >= 4 is 69.1 Å². The van der Waals surface area contributed by atoms with Crippen LogP contribution in [0.2, 0.25) is 0 Å². The van der Waals surface area contributed by atoms with Gasteiger partial charge in [-0.15, -0.1) is 12.4 Å². The van der Waals surface area contributed by atoms with Crippen LogP contribution in [0.25, 0.3) is 50.4 Å². The van der Waals surface area contributed by atoms with Gasteiger partial charge in [0, 0.05) is 130 Å². The highest BCUT2D eigenvalue weighted by molar-refractivity contribution is 5.85. The molecule has 3 saturated carbocycles. The summed E-state index contributed by atoms with van der Waals surface area (Å²) in [4.78, 5) is 52.4. The first-order chi connectivity index (χ1) is 37.2. The first kappa shape index (κ1) is 51.9. The topological polar surface area (TPSA) is 245 Å². The zero-order chi connectivity index (χ0) is 52.0. The Bertz CT molecular complexity index is 3480. The third kappa shape index (κ3) is 10.0. The molecule has 0 bridgehead atoms. The zero-order valence-corrected chi connectivity index (χ0v) is 44.7. The molecule has 9 atom stereocenters. The number of carbonyl (C=O) groups is 1. The number of imidazole rings is 3. The van der Waals surface area contributed by atoms with Gasteiger partial charge >= 0.3 is 0 Å². The standard InChI is InChI=1S/2C19H22N6.C15H16N4O.C4H6N2.ClH/c2*1-12-4-13(9-24-10-14(6-20)11-24)5-15(12)17-7-22-18-8-23-19-16(25(17)18)2-3-21-19;1-9-4-10(8-20)5-11(9)13-6-17-14-7-18-15-12(19(13)14)2-3-16-15;5-1-4-2-6-3-4;/h2*2-3,7-8,12-15,21H,4-5,9-11H2,1H3;2-3,6-11,16H,4-5H2,1H3;4,6H,2-3H2;1H/t12-,13+,15?;12-,13-,15?;;;/m11.../s1. The van der Waals surface area contributed by atoms with Crippen molar-refractivity contribution in [1.29, 1.82) is 15.8 Å². The van der Waals surface area contributed by atoms with Crippen LogP contribution in [0.15, 0.2) is 74.0 Å². The Morgan fingerprint density at radius 1 is 0.519 bits per heavy atom. The number of aldehydes is 1. The van der Waals surface area contributed by atoms with Crippen molar-refractivity contribution in [3.05, 3.63) is 91.1 Å². The molecule has 19 nitrogen and oxygen atoms in total. The molecular formula is C57H67ClN18O. The van der Waals surface area contributed by atoms with Gasteiger partial charge in [-0.05, 0) is 86.3 Å². The van der Waals surface area contributed by atoms with E-state index in [-0.39, 0.29) is 30.2 Å². The summed E-state index contributed by atoms with van der Waals surface area (Å²) in [6.07, 6.45) is 25.2. The Morgan fingerprint density at radius 2 is 0.896 bits per heavy atom. The summed E-state index contributed by atoms with van der Waals surface area (Å²) in [5, 5.41) is 29.0. The quantitative estimate of drug-likeness (QED) is 0.105. The Morgan fingerprint density at radius 3 is 1.22 bits per heavy atom. The predicted molar refractivity (Wildman–Crippen MR) is 295 cm³/mol. The molecule has 9 aromatic rings. The highest BCUT2D eigenvalue weighted by atomic mass is 35.5. The number of rotatable bonds is 8. The largest absolute Gasteiger partial charge is 0.345 e. The SMILES string of the molecule is CC1CC(C=O)CC1c1cnc2cnc3[nH]ccc3n12.C[C@@H]1C[C@@H](CN2CC(C#N)C2)CC1c1cnc2cnc3[nH]ccc3n12.C[C@@H]1C[C@H](CN2CC(C#N)C2)CC1c1cnc2cnc3[nH]ccc3n12.Cl.N#CC1CNC1. The number of nitrogens with one attached hydrogen (secondary N) is 4. The van der Waals surface area contributed by atoms with E-state index in [1.165, 1.54) is 42.8 Å². The lowest BCUT2D eigenvalue weighted by molar-refractivity contribution is -0.111. The van der Waals surface area contributed by atoms with E-state index < -0.39 is 0 Å². The first-order valence-electron chi connectivity index (χ1n) is 27.3. The molecule has 0 aromatic carbocycles. The zero-order valence-electron chi connectivity index (χ0n) is 43.9. The normalized spacial score (nSPS) is 26.6. The summed E-state index contributed by atoms with van der Waals surface area (Å²) in [5.74, 6) is 5.71. The first-order valence-corrected chi connectivity index (χ1v) is 27.3. The number of nitrogens with zero attached hydrogens (tertiary/aromatic N) is 14. The van der Waals surface area contributed by atoms with E-state index in [1.54, 1.807) is 6.20 Å². The second-order valence-electron chi connectivity index (χ2n) is 22.9. The van der Waals surface area contributed by atoms with Gasteiger partial charge in [0.1, 0.15) is 6.29 Å².